The highest BCUT2D eigenvalue weighted by Gasteiger charge is 2.44. The van der Waals surface area contributed by atoms with Gasteiger partial charge in [-0.25, -0.2) is 4.79 Å². The molecular formula is C26H41N3O3. The molecule has 3 rings (SSSR count). The van der Waals surface area contributed by atoms with Crippen LogP contribution >= 0.6 is 0 Å². The van der Waals surface area contributed by atoms with Crippen LogP contribution in [-0.2, 0) is 11.3 Å². The lowest BCUT2D eigenvalue weighted by atomic mass is 9.73. The third-order valence-corrected chi connectivity index (χ3v) is 6.89. The lowest BCUT2D eigenvalue weighted by Gasteiger charge is -2.35. The molecule has 1 aliphatic carbocycles. The molecule has 0 radical (unpaired) electrons. The van der Waals surface area contributed by atoms with Gasteiger partial charge in [-0.05, 0) is 53.9 Å². The fraction of sp³-hybridized carbons (Fsp3) is 0.692. The van der Waals surface area contributed by atoms with Crippen LogP contribution in [0.4, 0.5) is 4.79 Å². The first-order chi connectivity index (χ1) is 14.9. The number of carboxylic acid groups (broad SMARTS) is 1. The molecule has 2 fully saturated rings. The molecule has 0 aromatic heterocycles. The lowest BCUT2D eigenvalue weighted by Crippen LogP contribution is -2.52. The Morgan fingerprint density at radius 2 is 1.78 bits per heavy atom. The fourth-order valence-electron chi connectivity index (χ4n) is 6.21. The highest BCUT2D eigenvalue weighted by molar-refractivity contribution is 5.85. The smallest absolute Gasteiger partial charge is 0.405 e. The summed E-state index contributed by atoms with van der Waals surface area (Å²) in [6.45, 7) is 13.8. The van der Waals surface area contributed by atoms with E-state index in [-0.39, 0.29) is 22.8 Å². The number of likely N-dealkylation sites (tertiary alicyclic amines) is 1. The van der Waals surface area contributed by atoms with Crippen LogP contribution in [0.25, 0.3) is 0 Å². The minimum atomic E-state index is -1.14. The van der Waals surface area contributed by atoms with Crippen molar-refractivity contribution >= 4 is 12.0 Å². The van der Waals surface area contributed by atoms with Gasteiger partial charge < -0.3 is 15.7 Å². The number of carbonyl (C=O) groups is 2. The molecule has 1 saturated heterocycles. The third kappa shape index (κ3) is 6.96. The van der Waals surface area contributed by atoms with E-state index in [1.54, 1.807) is 0 Å². The first-order valence-corrected chi connectivity index (χ1v) is 12.0. The summed E-state index contributed by atoms with van der Waals surface area (Å²) >= 11 is 0. The molecule has 4 atom stereocenters. The van der Waals surface area contributed by atoms with Crippen molar-refractivity contribution in [1.29, 1.82) is 0 Å². The summed E-state index contributed by atoms with van der Waals surface area (Å²) < 4.78 is 0. The second-order valence-electron chi connectivity index (χ2n) is 11.9. The molecule has 6 heteroatoms. The Hall–Kier alpha value is -2.08. The number of carbonyl (C=O) groups excluding carboxylic acids is 1. The molecule has 1 heterocycles. The summed E-state index contributed by atoms with van der Waals surface area (Å²) in [4.78, 5) is 27.1. The van der Waals surface area contributed by atoms with E-state index in [2.05, 4.69) is 74.4 Å². The normalized spacial score (nSPS) is 24.7. The monoisotopic (exact) mass is 443 g/mol. The Morgan fingerprint density at radius 3 is 2.41 bits per heavy atom. The maximum Gasteiger partial charge on any atom is 0.405 e. The van der Waals surface area contributed by atoms with E-state index in [1.165, 1.54) is 5.56 Å². The molecule has 32 heavy (non-hydrogen) atoms. The van der Waals surface area contributed by atoms with Crippen molar-refractivity contribution < 1.29 is 14.7 Å². The van der Waals surface area contributed by atoms with Gasteiger partial charge in [0.25, 0.3) is 0 Å². The number of rotatable bonds is 8. The van der Waals surface area contributed by atoms with E-state index in [1.807, 2.05) is 6.07 Å². The van der Waals surface area contributed by atoms with Gasteiger partial charge >= 0.3 is 6.09 Å². The molecule has 2 amide bonds. The fourth-order valence-corrected chi connectivity index (χ4v) is 6.21. The van der Waals surface area contributed by atoms with Gasteiger partial charge in [0.2, 0.25) is 5.91 Å². The van der Waals surface area contributed by atoms with Crippen LogP contribution in [0.5, 0.6) is 0 Å². The van der Waals surface area contributed by atoms with Gasteiger partial charge in [0.15, 0.2) is 0 Å². The molecular weight excluding hydrogens is 402 g/mol. The maximum absolute atomic E-state index is 13.2. The average Bonchev–Trinajstić information content (AvgIpc) is 3.20. The predicted molar refractivity (Wildman–Crippen MR) is 127 cm³/mol. The van der Waals surface area contributed by atoms with Crippen LogP contribution in [0.3, 0.4) is 0 Å². The van der Waals surface area contributed by atoms with E-state index in [4.69, 9.17) is 0 Å². The SMILES string of the molecule is CC(C)(C)CC(C)(C)C[C@H](NC(=O)O)C(=O)N[C@H]1CC[C@@H]2CN(Cc3ccccc3)C[C@@H]21. The highest BCUT2D eigenvalue weighted by atomic mass is 16.4. The van der Waals surface area contributed by atoms with Crippen molar-refractivity contribution in [2.45, 2.75) is 78.9 Å². The second-order valence-corrected chi connectivity index (χ2v) is 11.9. The molecule has 1 aliphatic heterocycles. The van der Waals surface area contributed by atoms with Gasteiger partial charge in [-0.2, -0.15) is 0 Å². The van der Waals surface area contributed by atoms with Crippen LogP contribution in [0.15, 0.2) is 30.3 Å². The molecule has 1 aromatic rings. The number of nitrogens with zero attached hydrogens (tertiary/aromatic N) is 1. The van der Waals surface area contributed by atoms with Crippen molar-refractivity contribution in [2.75, 3.05) is 13.1 Å². The molecule has 6 nitrogen and oxygen atoms in total. The third-order valence-electron chi connectivity index (χ3n) is 6.89. The quantitative estimate of drug-likeness (QED) is 0.552. The van der Waals surface area contributed by atoms with E-state index in [0.717, 1.165) is 38.9 Å². The Labute approximate surface area is 193 Å². The summed E-state index contributed by atoms with van der Waals surface area (Å²) in [5.74, 6) is 0.865. The topological polar surface area (TPSA) is 81.7 Å². The van der Waals surface area contributed by atoms with E-state index in [0.29, 0.717) is 18.3 Å². The van der Waals surface area contributed by atoms with Crippen LogP contribution in [0.1, 0.15) is 65.9 Å². The Kier molecular flexibility index (Phi) is 7.53. The van der Waals surface area contributed by atoms with Crippen LogP contribution in [-0.4, -0.2) is 47.2 Å². The van der Waals surface area contributed by atoms with Crippen LogP contribution in [0.2, 0.25) is 0 Å². The Bertz CT molecular complexity index is 787. The van der Waals surface area contributed by atoms with Gasteiger partial charge in [-0.1, -0.05) is 65.0 Å². The molecule has 0 spiro atoms. The number of hydrogen-bond acceptors (Lipinski definition) is 3. The standard InChI is InChI=1S/C26H41N3O3/c1-25(2,3)17-26(4,5)13-22(28-24(31)32)23(30)27-21-12-11-19-15-29(16-20(19)21)14-18-9-7-6-8-10-18/h6-10,19-22,28H,11-17H2,1-5H3,(H,27,30)(H,31,32)/t19-,20+,21+,22+/m1/s1. The molecule has 1 saturated carbocycles. The van der Waals surface area contributed by atoms with Gasteiger partial charge in [-0.3, -0.25) is 9.69 Å². The molecule has 178 valence electrons. The van der Waals surface area contributed by atoms with E-state index in [9.17, 15) is 14.7 Å². The minimum Gasteiger partial charge on any atom is -0.465 e. The van der Waals surface area contributed by atoms with Crippen molar-refractivity contribution in [1.82, 2.24) is 15.5 Å². The highest BCUT2D eigenvalue weighted by Crippen LogP contribution is 2.39. The largest absolute Gasteiger partial charge is 0.465 e. The van der Waals surface area contributed by atoms with Crippen molar-refractivity contribution in [2.24, 2.45) is 22.7 Å². The zero-order valence-corrected chi connectivity index (χ0v) is 20.4. The first-order valence-electron chi connectivity index (χ1n) is 12.0. The average molecular weight is 444 g/mol. The van der Waals surface area contributed by atoms with Gasteiger partial charge in [0.1, 0.15) is 6.04 Å². The summed E-state index contributed by atoms with van der Waals surface area (Å²) in [6.07, 6.45) is 2.35. The Balaban J connectivity index is 1.60. The number of fused-ring (bicyclic) bond motifs is 1. The lowest BCUT2D eigenvalue weighted by molar-refractivity contribution is -0.125. The number of hydrogen-bond donors (Lipinski definition) is 3. The zero-order chi connectivity index (χ0) is 23.5. The Morgan fingerprint density at radius 1 is 1.09 bits per heavy atom. The summed E-state index contributed by atoms with van der Waals surface area (Å²) in [5.41, 5.74) is 1.28. The molecule has 3 N–H and O–H groups in total. The first kappa shape index (κ1) is 24.6. The van der Waals surface area contributed by atoms with Gasteiger partial charge in [0, 0.05) is 25.7 Å². The summed E-state index contributed by atoms with van der Waals surface area (Å²) in [7, 11) is 0. The molecule has 0 bridgehead atoms. The van der Waals surface area contributed by atoms with E-state index >= 15 is 0 Å². The summed E-state index contributed by atoms with van der Waals surface area (Å²) in [6, 6.07) is 9.91. The van der Waals surface area contributed by atoms with Crippen LogP contribution < -0.4 is 10.6 Å². The molecule has 0 unspecified atom stereocenters. The van der Waals surface area contributed by atoms with Crippen molar-refractivity contribution in [3.05, 3.63) is 35.9 Å². The minimum absolute atomic E-state index is 0.110. The number of benzene rings is 1. The molecule has 2 aliphatic rings. The number of nitrogens with one attached hydrogen (secondary N) is 2. The van der Waals surface area contributed by atoms with Crippen molar-refractivity contribution in [3.63, 3.8) is 0 Å². The number of amides is 2. The van der Waals surface area contributed by atoms with Gasteiger partial charge in [0.05, 0.1) is 0 Å². The van der Waals surface area contributed by atoms with Crippen molar-refractivity contribution in [3.8, 4) is 0 Å². The van der Waals surface area contributed by atoms with Crippen LogP contribution in [0, 0.1) is 22.7 Å². The second kappa shape index (κ2) is 9.82. The zero-order valence-electron chi connectivity index (χ0n) is 20.4. The molecule has 1 aromatic carbocycles. The summed E-state index contributed by atoms with van der Waals surface area (Å²) in [5, 5.41) is 15.1. The van der Waals surface area contributed by atoms with Gasteiger partial charge in [-0.15, -0.1) is 0 Å². The van der Waals surface area contributed by atoms with E-state index < -0.39 is 12.1 Å². The predicted octanol–water partition coefficient (Wildman–Crippen LogP) is 4.50. The maximum atomic E-state index is 13.2.